The molecule has 0 aliphatic rings. The zero-order valence-electron chi connectivity index (χ0n) is 12.0. The second-order valence-corrected chi connectivity index (χ2v) is 6.02. The van der Waals surface area contributed by atoms with Gasteiger partial charge in [0.15, 0.2) is 6.54 Å². The molecule has 22 heavy (non-hydrogen) atoms. The minimum Gasteiger partial charge on any atom is -0.326 e. The van der Waals surface area contributed by atoms with Gasteiger partial charge in [0.05, 0.1) is 7.05 Å². The van der Waals surface area contributed by atoms with Crippen molar-refractivity contribution in [3.63, 3.8) is 0 Å². The van der Waals surface area contributed by atoms with Crippen LogP contribution in [0, 0.1) is 5.82 Å². The van der Waals surface area contributed by atoms with Gasteiger partial charge >= 0.3 is 0 Å². The highest BCUT2D eigenvalue weighted by atomic mass is 35.5. The highest BCUT2D eigenvalue weighted by Crippen LogP contribution is 2.22. The number of nitrogens with one attached hydrogen (secondary N) is 2. The molecule has 0 saturated heterocycles. The molecule has 2 N–H and O–H groups in total. The van der Waals surface area contributed by atoms with Crippen LogP contribution in [-0.4, -0.2) is 19.5 Å². The quantitative estimate of drug-likeness (QED) is 0.861. The molecule has 0 aliphatic heterocycles. The molecule has 0 aliphatic carbocycles. The number of quaternary nitrogens is 1. The number of hydrogen-bond acceptors (Lipinski definition) is 1. The molecule has 0 heterocycles. The first kappa shape index (κ1) is 16.7. The molecule has 2 aromatic carbocycles. The van der Waals surface area contributed by atoms with Crippen molar-refractivity contribution < 1.29 is 14.1 Å². The van der Waals surface area contributed by atoms with Crippen LogP contribution >= 0.6 is 23.2 Å². The third-order valence-electron chi connectivity index (χ3n) is 3.00. The van der Waals surface area contributed by atoms with Gasteiger partial charge in [-0.2, -0.15) is 0 Å². The maximum Gasteiger partial charge on any atom is 0.279 e. The molecule has 0 spiro atoms. The summed E-state index contributed by atoms with van der Waals surface area (Å²) < 4.78 is 13.1. The number of carbonyl (C=O) groups is 1. The smallest absolute Gasteiger partial charge is 0.279 e. The minimum atomic E-state index is -0.275. The first-order valence-electron chi connectivity index (χ1n) is 6.74. The van der Waals surface area contributed by atoms with Crippen LogP contribution in [0.3, 0.4) is 0 Å². The molecule has 2 aromatic rings. The largest absolute Gasteiger partial charge is 0.326 e. The zero-order chi connectivity index (χ0) is 16.1. The lowest BCUT2D eigenvalue weighted by molar-refractivity contribution is -0.885. The van der Waals surface area contributed by atoms with Gasteiger partial charge in [-0.25, -0.2) is 4.39 Å². The molecule has 0 radical (unpaired) electrons. The lowest BCUT2D eigenvalue weighted by Gasteiger charge is -2.14. The lowest BCUT2D eigenvalue weighted by Crippen LogP contribution is -3.08. The van der Waals surface area contributed by atoms with Gasteiger partial charge in [0, 0.05) is 21.3 Å². The number of amides is 1. The van der Waals surface area contributed by atoms with Gasteiger partial charge in [-0.05, 0) is 30.3 Å². The molecule has 0 aromatic heterocycles. The van der Waals surface area contributed by atoms with E-state index in [0.29, 0.717) is 22.3 Å². The molecule has 1 unspecified atom stereocenters. The Balaban J connectivity index is 1.91. The molecule has 0 fully saturated rings. The fourth-order valence-corrected chi connectivity index (χ4v) is 2.69. The normalized spacial score (nSPS) is 12.0. The van der Waals surface area contributed by atoms with Crippen LogP contribution in [0.1, 0.15) is 5.56 Å². The van der Waals surface area contributed by atoms with Crippen molar-refractivity contribution in [2.24, 2.45) is 0 Å². The summed E-state index contributed by atoms with van der Waals surface area (Å²) >= 11 is 11.8. The zero-order valence-corrected chi connectivity index (χ0v) is 13.5. The number of halogens is 3. The van der Waals surface area contributed by atoms with Gasteiger partial charge < -0.3 is 10.2 Å². The second-order valence-electron chi connectivity index (χ2n) is 5.15. The number of rotatable bonds is 5. The van der Waals surface area contributed by atoms with Gasteiger partial charge in [0.1, 0.15) is 12.4 Å². The summed E-state index contributed by atoms with van der Waals surface area (Å²) in [5.74, 6) is -0.435. The predicted octanol–water partition coefficient (Wildman–Crippen LogP) is 2.79. The van der Waals surface area contributed by atoms with E-state index in [1.54, 1.807) is 24.3 Å². The topological polar surface area (TPSA) is 33.5 Å². The second kappa shape index (κ2) is 7.58. The van der Waals surface area contributed by atoms with E-state index in [1.807, 2.05) is 13.1 Å². The van der Waals surface area contributed by atoms with Crippen LogP contribution in [0.15, 0.2) is 42.5 Å². The van der Waals surface area contributed by atoms with Gasteiger partial charge in [-0.3, -0.25) is 4.79 Å². The van der Waals surface area contributed by atoms with Crippen molar-refractivity contribution in [2.45, 2.75) is 6.54 Å². The number of carbonyl (C=O) groups excluding carboxylic acids is 1. The van der Waals surface area contributed by atoms with E-state index in [4.69, 9.17) is 23.2 Å². The summed E-state index contributed by atoms with van der Waals surface area (Å²) in [6.07, 6.45) is 0. The van der Waals surface area contributed by atoms with Crippen molar-refractivity contribution in [2.75, 3.05) is 18.9 Å². The Kier molecular flexibility index (Phi) is 5.77. The number of benzene rings is 2. The van der Waals surface area contributed by atoms with E-state index in [9.17, 15) is 9.18 Å². The van der Waals surface area contributed by atoms with Crippen molar-refractivity contribution >= 4 is 34.8 Å². The highest BCUT2D eigenvalue weighted by molar-refractivity contribution is 6.35. The average molecular weight is 342 g/mol. The van der Waals surface area contributed by atoms with Gasteiger partial charge in [-0.15, -0.1) is 0 Å². The molecular weight excluding hydrogens is 326 g/mol. The summed E-state index contributed by atoms with van der Waals surface area (Å²) in [4.78, 5) is 13.0. The van der Waals surface area contributed by atoms with Crippen molar-refractivity contribution in [1.82, 2.24) is 0 Å². The maximum absolute atomic E-state index is 13.1. The number of anilines is 1. The van der Waals surface area contributed by atoms with Crippen LogP contribution in [0.4, 0.5) is 10.1 Å². The molecule has 0 saturated carbocycles. The molecule has 2 rings (SSSR count). The monoisotopic (exact) mass is 341 g/mol. The van der Waals surface area contributed by atoms with Crippen molar-refractivity contribution in [3.05, 3.63) is 63.9 Å². The summed E-state index contributed by atoms with van der Waals surface area (Å²) in [7, 11) is 1.87. The molecule has 116 valence electrons. The molecule has 3 nitrogen and oxygen atoms in total. The number of hydrogen-bond donors (Lipinski definition) is 2. The van der Waals surface area contributed by atoms with Crippen LogP contribution in [-0.2, 0) is 11.3 Å². The number of likely N-dealkylation sites (N-methyl/N-ethyl adjacent to an activating group) is 1. The van der Waals surface area contributed by atoms with Crippen molar-refractivity contribution in [1.29, 1.82) is 0 Å². The molecular formula is C16H16Cl2FN2O+. The predicted molar refractivity (Wildman–Crippen MR) is 86.9 cm³/mol. The molecule has 0 bridgehead atoms. The van der Waals surface area contributed by atoms with E-state index in [-0.39, 0.29) is 18.3 Å². The van der Waals surface area contributed by atoms with Crippen LogP contribution in [0.5, 0.6) is 0 Å². The van der Waals surface area contributed by atoms with Crippen LogP contribution in [0.25, 0.3) is 0 Å². The molecule has 6 heteroatoms. The Morgan fingerprint density at radius 1 is 1.18 bits per heavy atom. The van der Waals surface area contributed by atoms with Crippen LogP contribution < -0.4 is 10.2 Å². The molecule has 1 atom stereocenters. The Hall–Kier alpha value is -1.62. The highest BCUT2D eigenvalue weighted by Gasteiger charge is 2.12. The standard InChI is InChI=1S/C16H15Cl2FN2O/c1-21(9-11-3-2-4-14(19)5-11)10-16(22)20-15-7-12(17)6-13(18)8-15/h2-8H,9-10H2,1H3,(H,20,22)/p+1. The Morgan fingerprint density at radius 2 is 1.86 bits per heavy atom. The van der Waals surface area contributed by atoms with Gasteiger partial charge in [0.2, 0.25) is 0 Å². The molecule has 1 amide bonds. The van der Waals surface area contributed by atoms with Crippen molar-refractivity contribution in [3.8, 4) is 0 Å². The minimum absolute atomic E-state index is 0.160. The van der Waals surface area contributed by atoms with E-state index >= 15 is 0 Å². The summed E-state index contributed by atoms with van der Waals surface area (Å²) in [6, 6.07) is 11.2. The van der Waals surface area contributed by atoms with E-state index < -0.39 is 0 Å². The Labute approximate surface area is 138 Å². The van der Waals surface area contributed by atoms with Gasteiger partial charge in [0.25, 0.3) is 5.91 Å². The fourth-order valence-electron chi connectivity index (χ4n) is 2.16. The Bertz CT molecular complexity index is 659. The van der Waals surface area contributed by atoms with E-state index in [2.05, 4.69) is 5.32 Å². The first-order chi connectivity index (χ1) is 10.4. The van der Waals surface area contributed by atoms with E-state index in [1.165, 1.54) is 12.1 Å². The third kappa shape index (κ3) is 5.30. The fraction of sp³-hybridized carbons (Fsp3) is 0.188. The van der Waals surface area contributed by atoms with Crippen LogP contribution in [0.2, 0.25) is 10.0 Å². The average Bonchev–Trinajstić information content (AvgIpc) is 2.36. The summed E-state index contributed by atoms with van der Waals surface area (Å²) in [5.41, 5.74) is 1.40. The SMILES string of the molecule is C[NH+](CC(=O)Nc1cc(Cl)cc(Cl)c1)Cc1cccc(F)c1. The lowest BCUT2D eigenvalue weighted by atomic mass is 10.2. The first-order valence-corrected chi connectivity index (χ1v) is 7.49. The van der Waals surface area contributed by atoms with Gasteiger partial charge in [-0.1, -0.05) is 35.3 Å². The summed E-state index contributed by atoms with van der Waals surface area (Å²) in [6.45, 7) is 0.808. The third-order valence-corrected chi connectivity index (χ3v) is 3.44. The maximum atomic E-state index is 13.1. The Morgan fingerprint density at radius 3 is 2.50 bits per heavy atom. The summed E-state index contributed by atoms with van der Waals surface area (Å²) in [5, 5.41) is 3.67. The van der Waals surface area contributed by atoms with E-state index in [0.717, 1.165) is 10.5 Å².